The number of fused-ring (bicyclic) bond motifs is 4. The molecule has 8 aromatic rings. The Balaban J connectivity index is 1.24. The molecule has 0 amide bonds. The predicted molar refractivity (Wildman–Crippen MR) is 231 cm³/mol. The molecule has 0 unspecified atom stereocenters. The first-order valence-electron chi connectivity index (χ1n) is 17.8. The Morgan fingerprint density at radius 3 is 1.48 bits per heavy atom. The molecule has 0 aliphatic carbocycles. The van der Waals surface area contributed by atoms with Gasteiger partial charge in [-0.2, -0.15) is 38.8 Å². The van der Waals surface area contributed by atoms with Gasteiger partial charge < -0.3 is 10.8 Å². The van der Waals surface area contributed by atoms with Crippen molar-refractivity contribution >= 4 is 124 Å². The Hall–Kier alpha value is -7.23. The first-order chi connectivity index (χ1) is 30.1. The second-order valence-electron chi connectivity index (χ2n) is 13.7. The third kappa shape index (κ3) is 8.59. The van der Waals surface area contributed by atoms with Crippen LogP contribution in [0.3, 0.4) is 0 Å². The smallest absolute Gasteiger partial charge is 0.296 e. The molecule has 0 bridgehead atoms. The van der Waals surface area contributed by atoms with E-state index in [1.54, 1.807) is 36.5 Å². The van der Waals surface area contributed by atoms with Crippen molar-refractivity contribution in [2.24, 2.45) is 30.7 Å². The van der Waals surface area contributed by atoms with Gasteiger partial charge in [0.2, 0.25) is 0 Å². The Kier molecular flexibility index (Phi) is 10.7. The first-order valence-corrected chi connectivity index (χ1v) is 23.5. The number of phenolic OH excluding ortho intramolecular Hbond substituents is 1. The van der Waals surface area contributed by atoms with E-state index in [1.165, 1.54) is 36.4 Å². The Bertz CT molecular complexity index is 3890. The maximum atomic E-state index is 12.5. The highest BCUT2D eigenvalue weighted by molar-refractivity contribution is 7.86. The molecule has 0 saturated carbocycles. The molecule has 8 rings (SSSR count). The molecule has 0 fully saturated rings. The summed E-state index contributed by atoms with van der Waals surface area (Å²) in [5.74, 6) is -0.945. The Labute approximate surface area is 361 Å². The van der Waals surface area contributed by atoms with Crippen LogP contribution in [0.1, 0.15) is 0 Å². The van der Waals surface area contributed by atoms with Crippen LogP contribution in [0.5, 0.6) is 5.75 Å². The van der Waals surface area contributed by atoms with Gasteiger partial charge in [0.05, 0.1) is 49.4 Å². The number of pyridine rings is 1. The van der Waals surface area contributed by atoms with E-state index < -0.39 is 77.2 Å². The van der Waals surface area contributed by atoms with E-state index >= 15 is 0 Å². The monoisotopic (exact) mass is 942 g/mol. The van der Waals surface area contributed by atoms with Crippen LogP contribution in [-0.4, -0.2) is 62.0 Å². The molecule has 64 heavy (non-hydrogen) atoms. The van der Waals surface area contributed by atoms with Crippen molar-refractivity contribution in [3.05, 3.63) is 115 Å². The Morgan fingerprint density at radius 2 is 0.953 bits per heavy atom. The largest absolute Gasteiger partial charge is 0.505 e. The molecule has 0 atom stereocenters. The van der Waals surface area contributed by atoms with Gasteiger partial charge in [0.1, 0.15) is 15.5 Å². The van der Waals surface area contributed by atoms with Gasteiger partial charge in [-0.1, -0.05) is 18.2 Å². The normalized spacial score (nSPS) is 13.1. The minimum atomic E-state index is -5.23. The molecule has 7 N–H and O–H groups in total. The predicted octanol–water partition coefficient (Wildman–Crippen LogP) is 9.22. The molecule has 324 valence electrons. The van der Waals surface area contributed by atoms with E-state index in [-0.39, 0.29) is 44.0 Å². The summed E-state index contributed by atoms with van der Waals surface area (Å²) < 4.78 is 137. The lowest BCUT2D eigenvalue weighted by molar-refractivity contribution is 0.472. The summed E-state index contributed by atoms with van der Waals surface area (Å²) in [5, 5.41) is 37.2. The van der Waals surface area contributed by atoms with Gasteiger partial charge in [-0.15, -0.1) is 25.6 Å². The lowest BCUT2D eigenvalue weighted by Crippen LogP contribution is -2.04. The third-order valence-electron chi connectivity index (χ3n) is 9.60. The lowest BCUT2D eigenvalue weighted by Gasteiger charge is -2.11. The van der Waals surface area contributed by atoms with Crippen LogP contribution in [-0.2, 0) is 40.5 Å². The van der Waals surface area contributed by atoms with Crippen molar-refractivity contribution in [3.63, 3.8) is 0 Å². The van der Waals surface area contributed by atoms with E-state index in [4.69, 9.17) is 5.73 Å². The number of aromatic hydroxyl groups is 1. The zero-order valence-electron chi connectivity index (χ0n) is 31.8. The molecule has 1 heterocycles. The van der Waals surface area contributed by atoms with Crippen molar-refractivity contribution < 1.29 is 57.0 Å². The highest BCUT2D eigenvalue weighted by atomic mass is 32.2. The number of nitrogens with zero attached hydrogens (tertiary/aromatic N) is 7. The average molecular weight is 943 g/mol. The van der Waals surface area contributed by atoms with Gasteiger partial charge in [0.15, 0.2) is 5.75 Å². The molecule has 0 spiro atoms. The second kappa shape index (κ2) is 15.8. The van der Waals surface area contributed by atoms with Gasteiger partial charge >= 0.3 is 0 Å². The molecule has 0 aliphatic heterocycles. The summed E-state index contributed by atoms with van der Waals surface area (Å²) >= 11 is 0. The van der Waals surface area contributed by atoms with Crippen molar-refractivity contribution in [1.82, 2.24) is 4.98 Å². The number of azo groups is 3. The fourth-order valence-corrected chi connectivity index (χ4v) is 8.92. The van der Waals surface area contributed by atoms with Gasteiger partial charge in [-0.05, 0) is 96.4 Å². The van der Waals surface area contributed by atoms with Gasteiger partial charge in [-0.25, -0.2) is 0 Å². The lowest BCUT2D eigenvalue weighted by atomic mass is 10.1. The quantitative estimate of drug-likeness (QED) is 0.0422. The summed E-state index contributed by atoms with van der Waals surface area (Å²) in [5.41, 5.74) is 5.83. The fourth-order valence-electron chi connectivity index (χ4n) is 6.62. The van der Waals surface area contributed by atoms with Crippen molar-refractivity contribution in [1.29, 1.82) is 0 Å². The molecule has 0 radical (unpaired) electrons. The third-order valence-corrected chi connectivity index (χ3v) is 13.1. The number of hydrogen-bond donors (Lipinski definition) is 6. The van der Waals surface area contributed by atoms with E-state index in [9.17, 15) is 57.0 Å². The summed E-state index contributed by atoms with van der Waals surface area (Å²) in [6, 6.07) is 23.8. The Morgan fingerprint density at radius 1 is 0.453 bits per heavy atom. The molecule has 1 aromatic heterocycles. The fraction of sp³-hybridized carbons (Fsp3) is 0. The first kappa shape index (κ1) is 43.4. The van der Waals surface area contributed by atoms with Gasteiger partial charge in [0.25, 0.3) is 40.5 Å². The van der Waals surface area contributed by atoms with Gasteiger partial charge in [-0.3, -0.25) is 23.2 Å². The van der Waals surface area contributed by atoms with E-state index in [2.05, 4.69) is 35.7 Å². The zero-order valence-corrected chi connectivity index (χ0v) is 35.1. The number of anilines is 1. The molecule has 0 saturated heterocycles. The van der Waals surface area contributed by atoms with E-state index in [0.717, 1.165) is 47.3 Å². The summed E-state index contributed by atoms with van der Waals surface area (Å²) in [6.45, 7) is 0. The number of phenols is 1. The number of rotatable bonds is 10. The molecule has 21 nitrogen and oxygen atoms in total. The SMILES string of the molecule is Nc1cc2c(O)c(N=Nc3ccc(N=Nc4ccc(N=Nc5ccc6ncccc6c5)c5ccc(S(=O)(=O)O)cc45)c4ccc(S(=O)(=O)O)cc34)c(S(=O)(=O)O)cc2cc1S(=O)(=O)O. The topological polar surface area (TPSA) is 351 Å². The zero-order chi connectivity index (χ0) is 45.9. The van der Waals surface area contributed by atoms with Crippen LogP contribution in [0.15, 0.2) is 166 Å². The van der Waals surface area contributed by atoms with E-state index in [0.29, 0.717) is 16.8 Å². The molecule has 7 aromatic carbocycles. The van der Waals surface area contributed by atoms with Crippen LogP contribution in [0, 0.1) is 0 Å². The highest BCUT2D eigenvalue weighted by Gasteiger charge is 2.25. The summed E-state index contributed by atoms with van der Waals surface area (Å²) in [6.07, 6.45) is 1.65. The minimum Gasteiger partial charge on any atom is -0.505 e. The van der Waals surface area contributed by atoms with Crippen molar-refractivity contribution in [2.45, 2.75) is 19.6 Å². The number of nitrogen functional groups attached to an aromatic ring is 1. The number of hydrogen-bond acceptors (Lipinski definition) is 17. The van der Waals surface area contributed by atoms with Crippen LogP contribution in [0.2, 0.25) is 0 Å². The van der Waals surface area contributed by atoms with E-state index in [1.807, 2.05) is 6.07 Å². The second-order valence-corrected chi connectivity index (χ2v) is 19.3. The molecule has 25 heteroatoms. The van der Waals surface area contributed by atoms with Crippen LogP contribution >= 0.6 is 0 Å². The number of aromatic nitrogens is 1. The number of benzene rings is 7. The standard InChI is InChI=1S/C39H26N8O13S4/c40-30-19-27-21(15-36(30)63(55,56)57)16-37(64(58,59)60)38(39(27)48)47-46-35-12-10-33(26-7-5-24(18-29(26)35)62(52,53)54)44-45-34-11-9-32(25-6-4-23(17-28(25)34)61(49,50)51)43-42-22-3-8-31-20(14-22)2-1-13-41-31/h1-19,48H,40H2,(H,49,50,51)(H,52,53,54)(H,55,56,57)(H,58,59,60). The molecular weight excluding hydrogens is 917 g/mol. The van der Waals surface area contributed by atoms with Crippen LogP contribution in [0.25, 0.3) is 43.2 Å². The maximum Gasteiger partial charge on any atom is 0.296 e. The maximum absolute atomic E-state index is 12.5. The molecular formula is C39H26N8O13S4. The number of nitrogens with two attached hydrogens (primary N) is 1. The highest BCUT2D eigenvalue weighted by Crippen LogP contribution is 2.45. The van der Waals surface area contributed by atoms with Crippen LogP contribution in [0.4, 0.5) is 39.8 Å². The summed E-state index contributed by atoms with van der Waals surface area (Å²) in [4.78, 5) is 1.33. The average Bonchev–Trinajstić information content (AvgIpc) is 3.23. The van der Waals surface area contributed by atoms with Crippen molar-refractivity contribution in [2.75, 3.05) is 5.73 Å². The van der Waals surface area contributed by atoms with Gasteiger partial charge in [0, 0.05) is 38.5 Å². The summed E-state index contributed by atoms with van der Waals surface area (Å²) in [7, 11) is -19.7. The van der Waals surface area contributed by atoms with Crippen LogP contribution < -0.4 is 5.73 Å². The molecule has 0 aliphatic rings. The minimum absolute atomic E-state index is 0.0433. The van der Waals surface area contributed by atoms with Crippen molar-refractivity contribution in [3.8, 4) is 5.75 Å².